The van der Waals surface area contributed by atoms with Crippen molar-refractivity contribution in [3.8, 4) is 0 Å². The van der Waals surface area contributed by atoms with Gasteiger partial charge in [-0.1, -0.05) is 19.3 Å². The first-order chi connectivity index (χ1) is 9.06. The lowest BCUT2D eigenvalue weighted by atomic mass is 9.88. The van der Waals surface area contributed by atoms with Gasteiger partial charge in [0.05, 0.1) is 11.4 Å². The van der Waals surface area contributed by atoms with Crippen LogP contribution < -0.4 is 11.1 Å². The summed E-state index contributed by atoms with van der Waals surface area (Å²) in [6.07, 6.45) is 8.65. The van der Waals surface area contributed by atoms with Crippen LogP contribution in [0.15, 0.2) is 12.1 Å². The van der Waals surface area contributed by atoms with Crippen LogP contribution in [0.2, 0.25) is 0 Å². The van der Waals surface area contributed by atoms with Crippen molar-refractivity contribution < 1.29 is 4.39 Å². The number of aryl methyl sites for hydroxylation is 1. The van der Waals surface area contributed by atoms with Gasteiger partial charge in [-0.25, -0.2) is 4.39 Å². The highest BCUT2D eigenvalue weighted by Crippen LogP contribution is 2.39. The number of rotatable bonds is 4. The minimum absolute atomic E-state index is 0.236. The van der Waals surface area contributed by atoms with Gasteiger partial charge in [-0.3, -0.25) is 0 Å². The summed E-state index contributed by atoms with van der Waals surface area (Å²) in [5.41, 5.74) is 7.87. The van der Waals surface area contributed by atoms with Crippen molar-refractivity contribution in [1.82, 2.24) is 0 Å². The number of nitrogen functional groups attached to an aromatic ring is 1. The molecule has 0 unspecified atom stereocenters. The van der Waals surface area contributed by atoms with Gasteiger partial charge in [-0.15, -0.1) is 0 Å². The Hall–Kier alpha value is -0.900. The molecule has 4 heteroatoms. The van der Waals surface area contributed by atoms with Gasteiger partial charge in [0.1, 0.15) is 5.82 Å². The molecule has 0 bridgehead atoms. The topological polar surface area (TPSA) is 38.0 Å². The van der Waals surface area contributed by atoms with E-state index in [9.17, 15) is 4.39 Å². The van der Waals surface area contributed by atoms with Crippen molar-refractivity contribution in [2.24, 2.45) is 0 Å². The van der Waals surface area contributed by atoms with E-state index < -0.39 is 0 Å². The molecule has 1 aromatic carbocycles. The highest BCUT2D eigenvalue weighted by molar-refractivity contribution is 8.00. The Balaban J connectivity index is 2.07. The molecule has 3 N–H and O–H groups in total. The second kappa shape index (κ2) is 6.04. The van der Waals surface area contributed by atoms with Crippen LogP contribution in [0.5, 0.6) is 0 Å². The molecule has 2 rings (SSSR count). The van der Waals surface area contributed by atoms with E-state index in [0.29, 0.717) is 16.0 Å². The summed E-state index contributed by atoms with van der Waals surface area (Å²) in [6.45, 7) is 2.67. The van der Waals surface area contributed by atoms with Gasteiger partial charge < -0.3 is 11.1 Å². The van der Waals surface area contributed by atoms with E-state index in [1.165, 1.54) is 38.2 Å². The quantitative estimate of drug-likeness (QED) is 0.813. The molecular formula is C15H23FN2S. The first-order valence-electron chi connectivity index (χ1n) is 6.91. The number of anilines is 2. The number of nitrogens with two attached hydrogens (primary N) is 1. The molecule has 0 saturated heterocycles. The molecule has 0 spiro atoms. The third-order valence-electron chi connectivity index (χ3n) is 4.13. The Bertz CT molecular complexity index is 442. The normalized spacial score (nSPS) is 18.3. The first-order valence-corrected chi connectivity index (χ1v) is 8.13. The molecule has 0 aromatic heterocycles. The highest BCUT2D eigenvalue weighted by Gasteiger charge is 2.30. The summed E-state index contributed by atoms with van der Waals surface area (Å²) in [7, 11) is 0. The van der Waals surface area contributed by atoms with Crippen molar-refractivity contribution in [1.29, 1.82) is 0 Å². The molecule has 0 amide bonds. The summed E-state index contributed by atoms with van der Waals surface area (Å²) >= 11 is 1.95. The molecule has 1 aliphatic rings. The number of nitrogens with one attached hydrogen (secondary N) is 1. The Labute approximate surface area is 119 Å². The fourth-order valence-corrected chi connectivity index (χ4v) is 3.67. The predicted molar refractivity (Wildman–Crippen MR) is 83.4 cm³/mol. The maximum Gasteiger partial charge on any atom is 0.128 e. The number of thioether (sulfide) groups is 1. The summed E-state index contributed by atoms with van der Waals surface area (Å²) < 4.78 is 13.7. The summed E-state index contributed by atoms with van der Waals surface area (Å²) in [5, 5.41) is 3.43. The van der Waals surface area contributed by atoms with Crippen LogP contribution in [0.3, 0.4) is 0 Å². The molecule has 1 aliphatic carbocycles. The zero-order valence-corrected chi connectivity index (χ0v) is 12.6. The molecule has 0 heterocycles. The molecule has 1 aromatic rings. The second-order valence-electron chi connectivity index (χ2n) is 5.49. The van der Waals surface area contributed by atoms with Gasteiger partial charge in [0.15, 0.2) is 0 Å². The van der Waals surface area contributed by atoms with E-state index in [2.05, 4.69) is 11.6 Å². The van der Waals surface area contributed by atoms with Gasteiger partial charge >= 0.3 is 0 Å². The fraction of sp³-hybridized carbons (Fsp3) is 0.600. The van der Waals surface area contributed by atoms with Crippen LogP contribution in [0.1, 0.15) is 37.7 Å². The van der Waals surface area contributed by atoms with Gasteiger partial charge in [0.25, 0.3) is 0 Å². The SMILES string of the molecule is CSC1(CNc2cc(C)c(F)cc2N)CCCCC1. The van der Waals surface area contributed by atoms with Crippen molar-refractivity contribution in [2.75, 3.05) is 23.9 Å². The molecule has 1 saturated carbocycles. The van der Waals surface area contributed by atoms with E-state index in [1.54, 1.807) is 6.92 Å². The van der Waals surface area contributed by atoms with Crippen LogP contribution in [0.4, 0.5) is 15.8 Å². The molecule has 106 valence electrons. The van der Waals surface area contributed by atoms with Crippen molar-refractivity contribution >= 4 is 23.1 Å². The fourth-order valence-electron chi connectivity index (χ4n) is 2.76. The molecule has 0 aliphatic heterocycles. The minimum atomic E-state index is -0.236. The zero-order chi connectivity index (χ0) is 13.9. The Kier molecular flexibility index (Phi) is 4.61. The smallest absolute Gasteiger partial charge is 0.128 e. The second-order valence-corrected chi connectivity index (χ2v) is 6.76. The van der Waals surface area contributed by atoms with E-state index in [-0.39, 0.29) is 5.82 Å². The average molecular weight is 282 g/mol. The number of benzene rings is 1. The molecule has 19 heavy (non-hydrogen) atoms. The molecule has 0 radical (unpaired) electrons. The van der Waals surface area contributed by atoms with Gasteiger partial charge in [-0.2, -0.15) is 11.8 Å². The lowest BCUT2D eigenvalue weighted by molar-refractivity contribution is 0.411. The van der Waals surface area contributed by atoms with E-state index in [4.69, 9.17) is 5.73 Å². The van der Waals surface area contributed by atoms with Crippen LogP contribution in [-0.2, 0) is 0 Å². The standard InChI is InChI=1S/C15H23FN2S/c1-11-8-14(13(17)9-12(11)16)18-10-15(19-2)6-4-3-5-7-15/h8-9,18H,3-7,10,17H2,1-2H3. The maximum absolute atomic E-state index is 13.4. The molecule has 1 fully saturated rings. The van der Waals surface area contributed by atoms with Crippen molar-refractivity contribution in [3.05, 3.63) is 23.5 Å². The van der Waals surface area contributed by atoms with Crippen molar-refractivity contribution in [3.63, 3.8) is 0 Å². The van der Waals surface area contributed by atoms with Crippen LogP contribution in [-0.4, -0.2) is 17.5 Å². The largest absolute Gasteiger partial charge is 0.397 e. The summed E-state index contributed by atoms with van der Waals surface area (Å²) in [6, 6.07) is 3.21. The minimum Gasteiger partial charge on any atom is -0.397 e. The first kappa shape index (κ1) is 14.5. The van der Waals surface area contributed by atoms with E-state index in [0.717, 1.165) is 12.2 Å². The van der Waals surface area contributed by atoms with Gasteiger partial charge in [-0.05, 0) is 43.7 Å². The third kappa shape index (κ3) is 3.35. The van der Waals surface area contributed by atoms with Crippen molar-refractivity contribution in [2.45, 2.75) is 43.8 Å². The molecule has 0 atom stereocenters. The monoisotopic (exact) mass is 282 g/mol. The van der Waals surface area contributed by atoms with Crippen LogP contribution in [0.25, 0.3) is 0 Å². The number of hydrogen-bond donors (Lipinski definition) is 2. The maximum atomic E-state index is 13.4. The van der Waals surface area contributed by atoms with Gasteiger partial charge in [0, 0.05) is 11.3 Å². The predicted octanol–water partition coefficient (Wildman–Crippen LogP) is 4.19. The summed E-state index contributed by atoms with van der Waals surface area (Å²) in [4.78, 5) is 0. The van der Waals surface area contributed by atoms with Crippen LogP contribution >= 0.6 is 11.8 Å². The summed E-state index contributed by atoms with van der Waals surface area (Å²) in [5.74, 6) is -0.236. The number of halogens is 1. The third-order valence-corrected chi connectivity index (χ3v) is 5.55. The van der Waals surface area contributed by atoms with E-state index >= 15 is 0 Å². The van der Waals surface area contributed by atoms with E-state index in [1.807, 2.05) is 17.8 Å². The lowest BCUT2D eigenvalue weighted by Crippen LogP contribution is -2.35. The lowest BCUT2D eigenvalue weighted by Gasteiger charge is -2.36. The Morgan fingerprint density at radius 1 is 1.32 bits per heavy atom. The van der Waals surface area contributed by atoms with Gasteiger partial charge in [0.2, 0.25) is 0 Å². The Morgan fingerprint density at radius 3 is 2.63 bits per heavy atom. The van der Waals surface area contributed by atoms with Crippen LogP contribution in [0, 0.1) is 12.7 Å². The average Bonchev–Trinajstić information content (AvgIpc) is 2.42. The molecular weight excluding hydrogens is 259 g/mol. The Morgan fingerprint density at radius 2 is 2.00 bits per heavy atom. The zero-order valence-electron chi connectivity index (χ0n) is 11.8. The highest BCUT2D eigenvalue weighted by atomic mass is 32.2. The molecule has 2 nitrogen and oxygen atoms in total. The number of hydrogen-bond acceptors (Lipinski definition) is 3.